The first kappa shape index (κ1) is 19.5. The van der Waals surface area contributed by atoms with Crippen molar-refractivity contribution in [2.24, 2.45) is 4.99 Å². The number of benzene rings is 1. The van der Waals surface area contributed by atoms with Gasteiger partial charge in [-0.05, 0) is 43.2 Å². The largest absolute Gasteiger partial charge is 0.494 e. The average Bonchev–Trinajstić information content (AvgIpc) is 3.47. The number of allylic oxidation sites excluding steroid dienone is 1. The van der Waals surface area contributed by atoms with E-state index < -0.39 is 0 Å². The molecule has 1 aliphatic heterocycles. The van der Waals surface area contributed by atoms with E-state index >= 15 is 0 Å². The summed E-state index contributed by atoms with van der Waals surface area (Å²) in [5.74, 6) is 0.318. The Kier molecular flexibility index (Phi) is 5.39. The van der Waals surface area contributed by atoms with E-state index in [-0.39, 0.29) is 12.6 Å². The lowest BCUT2D eigenvalue weighted by Crippen LogP contribution is -2.07. The van der Waals surface area contributed by atoms with Crippen LogP contribution in [0.1, 0.15) is 38.6 Å². The summed E-state index contributed by atoms with van der Waals surface area (Å²) in [7, 11) is 1.62. The first-order valence-electron chi connectivity index (χ1n) is 9.67. The number of H-pyrrole nitrogens is 2. The van der Waals surface area contributed by atoms with Gasteiger partial charge >= 0.3 is 5.97 Å². The topological polar surface area (TPSA) is 79.5 Å². The average molecular weight is 401 g/mol. The molecule has 2 N–H and O–H groups in total. The molecule has 0 fully saturated rings. The maximum absolute atomic E-state index is 12.7. The van der Waals surface area contributed by atoms with E-state index in [0.717, 1.165) is 33.9 Å². The molecule has 3 heterocycles. The lowest BCUT2D eigenvalue weighted by atomic mass is 10.1. The molecule has 1 aliphatic rings. The second kappa shape index (κ2) is 8.29. The first-order chi connectivity index (χ1) is 14.6. The maximum atomic E-state index is 12.7. The van der Waals surface area contributed by atoms with Gasteiger partial charge in [-0.3, -0.25) is 0 Å². The van der Waals surface area contributed by atoms with Crippen LogP contribution in [0.4, 0.5) is 0 Å². The molecule has 0 bridgehead atoms. The van der Waals surface area contributed by atoms with Crippen molar-refractivity contribution in [3.8, 4) is 0 Å². The highest BCUT2D eigenvalue weighted by Crippen LogP contribution is 2.27. The van der Waals surface area contributed by atoms with E-state index in [1.165, 1.54) is 0 Å². The lowest BCUT2D eigenvalue weighted by Gasteiger charge is -2.06. The van der Waals surface area contributed by atoms with E-state index in [1.54, 1.807) is 7.11 Å². The van der Waals surface area contributed by atoms with Gasteiger partial charge in [0.05, 0.1) is 24.1 Å². The van der Waals surface area contributed by atoms with Crippen molar-refractivity contribution in [1.82, 2.24) is 9.97 Å². The van der Waals surface area contributed by atoms with Gasteiger partial charge in [0.1, 0.15) is 18.1 Å². The summed E-state index contributed by atoms with van der Waals surface area (Å²) in [6.45, 7) is 4.00. The minimum atomic E-state index is -0.348. The summed E-state index contributed by atoms with van der Waals surface area (Å²) < 4.78 is 11.0. The lowest BCUT2D eigenvalue weighted by molar-refractivity contribution is 0.0471. The van der Waals surface area contributed by atoms with Gasteiger partial charge in [0.25, 0.3) is 0 Å². The molecule has 2 aromatic heterocycles. The van der Waals surface area contributed by atoms with Crippen LogP contribution in [-0.2, 0) is 16.1 Å². The summed E-state index contributed by atoms with van der Waals surface area (Å²) in [4.78, 5) is 23.8. The first-order valence-corrected chi connectivity index (χ1v) is 9.67. The minimum absolute atomic E-state index is 0.237. The second-order valence-electron chi connectivity index (χ2n) is 7.05. The number of ether oxygens (including phenoxy) is 2. The molecule has 6 heteroatoms. The molecule has 0 unspecified atom stereocenters. The third-order valence-electron chi connectivity index (χ3n) is 5.03. The Hall–Kier alpha value is -3.80. The summed E-state index contributed by atoms with van der Waals surface area (Å²) >= 11 is 0. The summed E-state index contributed by atoms with van der Waals surface area (Å²) in [6, 6.07) is 13.5. The third-order valence-corrected chi connectivity index (χ3v) is 5.03. The minimum Gasteiger partial charge on any atom is -0.494 e. The Morgan fingerprint density at radius 1 is 1.13 bits per heavy atom. The number of aromatic amines is 2. The molecule has 0 spiro atoms. The van der Waals surface area contributed by atoms with Gasteiger partial charge in [0.2, 0.25) is 0 Å². The number of aliphatic imine (C=N–C) groups is 1. The van der Waals surface area contributed by atoms with Gasteiger partial charge in [-0.15, -0.1) is 0 Å². The van der Waals surface area contributed by atoms with Crippen LogP contribution in [0.5, 0.6) is 0 Å². The van der Waals surface area contributed by atoms with Gasteiger partial charge in [0, 0.05) is 23.7 Å². The predicted octanol–water partition coefficient (Wildman–Crippen LogP) is 4.69. The van der Waals surface area contributed by atoms with Crippen molar-refractivity contribution in [2.75, 3.05) is 7.11 Å². The number of aryl methyl sites for hydroxylation is 1. The van der Waals surface area contributed by atoms with E-state index in [4.69, 9.17) is 9.47 Å². The van der Waals surface area contributed by atoms with Gasteiger partial charge in [-0.1, -0.05) is 30.3 Å². The highest BCUT2D eigenvalue weighted by atomic mass is 16.5. The number of hydrogen-bond acceptors (Lipinski definition) is 4. The molecule has 1 aromatic carbocycles. The van der Waals surface area contributed by atoms with Crippen molar-refractivity contribution in [3.63, 3.8) is 0 Å². The summed E-state index contributed by atoms with van der Waals surface area (Å²) in [5, 5.41) is 0. The highest BCUT2D eigenvalue weighted by molar-refractivity contribution is 6.11. The molecule has 0 atom stereocenters. The molecule has 3 aromatic rings. The SMILES string of the molecule is COC1=CC(c2ccc[nH]2)=N/C1=C\c1[nH]c(C)c(C(=O)OCc2ccccc2)c1C. The number of carbonyl (C=O) groups excluding carboxylic acids is 1. The van der Waals surface area contributed by atoms with Crippen molar-refractivity contribution in [1.29, 1.82) is 0 Å². The molecule has 0 aliphatic carbocycles. The van der Waals surface area contributed by atoms with Crippen LogP contribution in [-0.4, -0.2) is 28.8 Å². The fraction of sp³-hybridized carbons (Fsp3) is 0.167. The van der Waals surface area contributed by atoms with Crippen LogP contribution >= 0.6 is 0 Å². The smallest absolute Gasteiger partial charge is 0.340 e. The van der Waals surface area contributed by atoms with E-state index in [0.29, 0.717) is 17.0 Å². The van der Waals surface area contributed by atoms with E-state index in [2.05, 4.69) is 15.0 Å². The molecule has 152 valence electrons. The maximum Gasteiger partial charge on any atom is 0.340 e. The molecule has 0 amide bonds. The fourth-order valence-electron chi connectivity index (χ4n) is 3.47. The zero-order valence-corrected chi connectivity index (χ0v) is 17.2. The van der Waals surface area contributed by atoms with Crippen LogP contribution in [0.3, 0.4) is 0 Å². The number of nitrogens with one attached hydrogen (secondary N) is 2. The Bertz CT molecular complexity index is 1150. The summed E-state index contributed by atoms with van der Waals surface area (Å²) in [6.07, 6.45) is 5.63. The van der Waals surface area contributed by atoms with Crippen molar-refractivity contribution in [2.45, 2.75) is 20.5 Å². The molecule has 4 rings (SSSR count). The predicted molar refractivity (Wildman–Crippen MR) is 116 cm³/mol. The summed E-state index contributed by atoms with van der Waals surface area (Å²) in [5.41, 5.74) is 6.27. The Balaban J connectivity index is 1.59. The standard InChI is InChI=1S/C24H23N3O3/c1-15-19(12-21-22(29-3)13-20(27-21)18-10-7-11-25-18)26-16(2)23(15)24(28)30-14-17-8-5-4-6-9-17/h4-13,25-26H,14H2,1-3H3/b21-12-. The third kappa shape index (κ3) is 3.85. The zero-order chi connectivity index (χ0) is 21.1. The number of nitrogens with zero attached hydrogens (tertiary/aromatic N) is 1. The van der Waals surface area contributed by atoms with Crippen molar-refractivity contribution >= 4 is 17.8 Å². The van der Waals surface area contributed by atoms with Crippen molar-refractivity contribution < 1.29 is 14.3 Å². The number of methoxy groups -OCH3 is 1. The molecule has 6 nitrogen and oxygen atoms in total. The Labute approximate surface area is 175 Å². The van der Waals surface area contributed by atoms with Crippen molar-refractivity contribution in [3.05, 3.63) is 100.0 Å². The normalized spacial score (nSPS) is 14.6. The van der Waals surface area contributed by atoms with E-state index in [1.807, 2.05) is 74.7 Å². The molecule has 0 radical (unpaired) electrons. The highest BCUT2D eigenvalue weighted by Gasteiger charge is 2.21. The number of aromatic nitrogens is 2. The van der Waals surface area contributed by atoms with Gasteiger partial charge in [0.15, 0.2) is 0 Å². The zero-order valence-electron chi connectivity index (χ0n) is 17.2. The van der Waals surface area contributed by atoms with Crippen LogP contribution in [0, 0.1) is 13.8 Å². The molecular weight excluding hydrogens is 378 g/mol. The molecule has 0 saturated heterocycles. The number of esters is 1. The molecular formula is C24H23N3O3. The monoisotopic (exact) mass is 401 g/mol. The van der Waals surface area contributed by atoms with Gasteiger partial charge < -0.3 is 19.4 Å². The van der Waals surface area contributed by atoms with Crippen LogP contribution < -0.4 is 0 Å². The van der Waals surface area contributed by atoms with Gasteiger partial charge in [-0.2, -0.15) is 0 Å². The van der Waals surface area contributed by atoms with Gasteiger partial charge in [-0.25, -0.2) is 9.79 Å². The fourth-order valence-corrected chi connectivity index (χ4v) is 3.47. The Morgan fingerprint density at radius 2 is 1.93 bits per heavy atom. The van der Waals surface area contributed by atoms with Crippen LogP contribution in [0.2, 0.25) is 0 Å². The van der Waals surface area contributed by atoms with Crippen LogP contribution in [0.15, 0.2) is 71.2 Å². The quantitative estimate of drug-likeness (QED) is 0.588. The second-order valence-corrected chi connectivity index (χ2v) is 7.05. The molecule has 0 saturated carbocycles. The number of rotatable bonds is 6. The van der Waals surface area contributed by atoms with E-state index in [9.17, 15) is 4.79 Å². The number of hydrogen-bond donors (Lipinski definition) is 2. The Morgan fingerprint density at radius 3 is 2.63 bits per heavy atom. The molecule has 30 heavy (non-hydrogen) atoms. The van der Waals surface area contributed by atoms with Crippen LogP contribution in [0.25, 0.3) is 6.08 Å². The number of carbonyl (C=O) groups is 1.